The van der Waals surface area contributed by atoms with Crippen LogP contribution in [0.2, 0.25) is 0 Å². The van der Waals surface area contributed by atoms with Gasteiger partial charge in [-0.25, -0.2) is 0 Å². The molecule has 0 heterocycles. The maximum absolute atomic E-state index is 8.82. The standard InChI is InChI=1S/C14H9BrClN/c1-9(8-17)14(16)12-3-2-11-7-13(15)5-4-10(11)6-12/h2-7H,1H3/b14-9-. The molecule has 0 aromatic heterocycles. The summed E-state index contributed by atoms with van der Waals surface area (Å²) in [7, 11) is 0. The summed E-state index contributed by atoms with van der Waals surface area (Å²) in [6.07, 6.45) is 0. The molecule has 0 saturated carbocycles. The van der Waals surface area contributed by atoms with Crippen molar-refractivity contribution in [3.05, 3.63) is 52.0 Å². The highest BCUT2D eigenvalue weighted by Crippen LogP contribution is 2.27. The number of rotatable bonds is 1. The fourth-order valence-corrected chi connectivity index (χ4v) is 2.16. The molecule has 0 atom stereocenters. The van der Waals surface area contributed by atoms with Gasteiger partial charge in [-0.2, -0.15) is 5.26 Å². The average molecular weight is 307 g/mol. The Morgan fingerprint density at radius 3 is 2.53 bits per heavy atom. The zero-order valence-electron chi connectivity index (χ0n) is 9.17. The van der Waals surface area contributed by atoms with Crippen LogP contribution in [0.5, 0.6) is 0 Å². The van der Waals surface area contributed by atoms with Gasteiger partial charge in [0.1, 0.15) is 0 Å². The van der Waals surface area contributed by atoms with E-state index in [0.29, 0.717) is 10.6 Å². The topological polar surface area (TPSA) is 23.8 Å². The molecule has 0 fully saturated rings. The molecule has 0 bridgehead atoms. The number of halogens is 2. The van der Waals surface area contributed by atoms with E-state index in [1.165, 1.54) is 0 Å². The van der Waals surface area contributed by atoms with Gasteiger partial charge in [0.05, 0.1) is 11.1 Å². The van der Waals surface area contributed by atoms with Gasteiger partial charge in [-0.1, -0.05) is 45.7 Å². The number of hydrogen-bond donors (Lipinski definition) is 0. The zero-order valence-corrected chi connectivity index (χ0v) is 11.5. The van der Waals surface area contributed by atoms with Crippen molar-refractivity contribution < 1.29 is 0 Å². The first-order valence-electron chi connectivity index (χ1n) is 5.08. The molecule has 0 saturated heterocycles. The van der Waals surface area contributed by atoms with Crippen molar-refractivity contribution in [1.82, 2.24) is 0 Å². The van der Waals surface area contributed by atoms with Gasteiger partial charge in [0, 0.05) is 10.0 Å². The van der Waals surface area contributed by atoms with E-state index < -0.39 is 0 Å². The Hall–Kier alpha value is -1.30. The van der Waals surface area contributed by atoms with Gasteiger partial charge >= 0.3 is 0 Å². The van der Waals surface area contributed by atoms with Gasteiger partial charge in [0.25, 0.3) is 0 Å². The van der Waals surface area contributed by atoms with E-state index >= 15 is 0 Å². The number of fused-ring (bicyclic) bond motifs is 1. The molecule has 84 valence electrons. The summed E-state index contributed by atoms with van der Waals surface area (Å²) in [5.41, 5.74) is 1.41. The van der Waals surface area contributed by atoms with Gasteiger partial charge in [-0.15, -0.1) is 0 Å². The third kappa shape index (κ3) is 2.52. The quantitative estimate of drug-likeness (QED) is 0.673. The molecule has 0 aliphatic heterocycles. The van der Waals surface area contributed by atoms with Crippen molar-refractivity contribution in [3.8, 4) is 6.07 Å². The number of benzene rings is 2. The van der Waals surface area contributed by atoms with E-state index in [4.69, 9.17) is 16.9 Å². The maximum atomic E-state index is 8.82. The number of nitriles is 1. The minimum atomic E-state index is 0.511. The van der Waals surface area contributed by atoms with Crippen LogP contribution in [0.4, 0.5) is 0 Å². The molecule has 0 aliphatic carbocycles. The number of allylic oxidation sites excluding steroid dienone is 1. The van der Waals surface area contributed by atoms with Crippen LogP contribution in [-0.4, -0.2) is 0 Å². The molecule has 0 unspecified atom stereocenters. The molecule has 0 N–H and O–H groups in total. The van der Waals surface area contributed by atoms with Gasteiger partial charge in [0.2, 0.25) is 0 Å². The molecule has 2 rings (SSSR count). The third-order valence-corrected chi connectivity index (χ3v) is 3.55. The summed E-state index contributed by atoms with van der Waals surface area (Å²) in [6, 6.07) is 14.0. The zero-order chi connectivity index (χ0) is 12.4. The van der Waals surface area contributed by atoms with Crippen molar-refractivity contribution in [2.45, 2.75) is 6.92 Å². The van der Waals surface area contributed by atoms with E-state index in [0.717, 1.165) is 20.8 Å². The Balaban J connectivity index is 2.61. The van der Waals surface area contributed by atoms with Gasteiger partial charge in [-0.05, 0) is 41.5 Å². The lowest BCUT2D eigenvalue weighted by Gasteiger charge is -2.04. The molecule has 0 spiro atoms. The van der Waals surface area contributed by atoms with Crippen LogP contribution in [0.25, 0.3) is 15.8 Å². The lowest BCUT2D eigenvalue weighted by Crippen LogP contribution is -1.82. The predicted molar refractivity (Wildman–Crippen MR) is 75.7 cm³/mol. The van der Waals surface area contributed by atoms with E-state index in [2.05, 4.69) is 22.0 Å². The fraction of sp³-hybridized carbons (Fsp3) is 0.0714. The van der Waals surface area contributed by atoms with E-state index in [1.807, 2.05) is 36.4 Å². The Bertz CT molecular complexity index is 653. The first-order chi connectivity index (χ1) is 8.11. The van der Waals surface area contributed by atoms with Gasteiger partial charge < -0.3 is 0 Å². The molecule has 2 aromatic carbocycles. The Morgan fingerprint density at radius 2 is 1.82 bits per heavy atom. The van der Waals surface area contributed by atoms with Crippen molar-refractivity contribution >= 4 is 43.3 Å². The van der Waals surface area contributed by atoms with Crippen molar-refractivity contribution in [2.75, 3.05) is 0 Å². The smallest absolute Gasteiger partial charge is 0.0959 e. The van der Waals surface area contributed by atoms with Crippen molar-refractivity contribution in [1.29, 1.82) is 5.26 Å². The first kappa shape index (κ1) is 12.2. The van der Waals surface area contributed by atoms with E-state index in [9.17, 15) is 0 Å². The molecule has 0 aliphatic rings. The lowest BCUT2D eigenvalue weighted by atomic mass is 10.1. The average Bonchev–Trinajstić information content (AvgIpc) is 2.36. The molecule has 3 heteroatoms. The van der Waals surface area contributed by atoms with Crippen LogP contribution in [0.15, 0.2) is 46.4 Å². The van der Waals surface area contributed by atoms with E-state index in [-0.39, 0.29) is 0 Å². The van der Waals surface area contributed by atoms with Crippen molar-refractivity contribution in [3.63, 3.8) is 0 Å². The molecule has 17 heavy (non-hydrogen) atoms. The second kappa shape index (κ2) is 4.91. The molecule has 0 amide bonds. The van der Waals surface area contributed by atoms with Crippen LogP contribution >= 0.6 is 27.5 Å². The molecular weight excluding hydrogens is 298 g/mol. The summed E-state index contributed by atoms with van der Waals surface area (Å²) >= 11 is 9.57. The van der Waals surface area contributed by atoms with Gasteiger partial charge in [0.15, 0.2) is 0 Å². The Labute approximate surface area is 113 Å². The van der Waals surface area contributed by atoms with Crippen LogP contribution in [0, 0.1) is 11.3 Å². The highest BCUT2D eigenvalue weighted by Gasteiger charge is 2.04. The molecule has 1 nitrogen and oxygen atoms in total. The Kier molecular flexibility index (Phi) is 3.51. The van der Waals surface area contributed by atoms with Gasteiger partial charge in [-0.3, -0.25) is 0 Å². The normalized spacial score (nSPS) is 12.1. The van der Waals surface area contributed by atoms with Crippen molar-refractivity contribution in [2.24, 2.45) is 0 Å². The van der Waals surface area contributed by atoms with Crippen LogP contribution in [0.1, 0.15) is 12.5 Å². The lowest BCUT2D eigenvalue weighted by molar-refractivity contribution is 1.45. The summed E-state index contributed by atoms with van der Waals surface area (Å²) in [4.78, 5) is 0. The molecule has 2 aromatic rings. The summed E-state index contributed by atoms with van der Waals surface area (Å²) in [5, 5.41) is 11.6. The number of nitrogens with zero attached hydrogens (tertiary/aromatic N) is 1. The summed E-state index contributed by atoms with van der Waals surface area (Å²) in [5.74, 6) is 0. The van der Waals surface area contributed by atoms with Crippen LogP contribution < -0.4 is 0 Å². The molecular formula is C14H9BrClN. The Morgan fingerprint density at radius 1 is 1.18 bits per heavy atom. The van der Waals surface area contributed by atoms with E-state index in [1.54, 1.807) is 6.92 Å². The SMILES string of the molecule is C/C(C#N)=C(/Cl)c1ccc2cc(Br)ccc2c1. The first-order valence-corrected chi connectivity index (χ1v) is 6.25. The minimum Gasteiger partial charge on any atom is -0.193 e. The minimum absolute atomic E-state index is 0.511. The monoisotopic (exact) mass is 305 g/mol. The van der Waals surface area contributed by atoms with Crippen LogP contribution in [0.3, 0.4) is 0 Å². The second-order valence-electron chi connectivity index (χ2n) is 3.76. The number of hydrogen-bond acceptors (Lipinski definition) is 1. The highest BCUT2D eigenvalue weighted by molar-refractivity contribution is 9.10. The van der Waals surface area contributed by atoms with Crippen LogP contribution in [-0.2, 0) is 0 Å². The summed E-state index contributed by atoms with van der Waals surface area (Å²) < 4.78 is 1.05. The predicted octanol–water partition coefficient (Wildman–Crippen LogP) is 5.10. The largest absolute Gasteiger partial charge is 0.193 e. The third-order valence-electron chi connectivity index (χ3n) is 2.55. The second-order valence-corrected chi connectivity index (χ2v) is 5.05. The molecule has 0 radical (unpaired) electrons. The fourth-order valence-electron chi connectivity index (χ4n) is 1.62. The maximum Gasteiger partial charge on any atom is 0.0959 e. The summed E-state index contributed by atoms with van der Waals surface area (Å²) in [6.45, 7) is 1.72. The highest BCUT2D eigenvalue weighted by atomic mass is 79.9.